The van der Waals surface area contributed by atoms with Gasteiger partial charge in [-0.25, -0.2) is 0 Å². The molecule has 1 heterocycles. The highest BCUT2D eigenvalue weighted by Crippen LogP contribution is 2.42. The predicted octanol–water partition coefficient (Wildman–Crippen LogP) is 6.88. The van der Waals surface area contributed by atoms with E-state index in [1.54, 1.807) is 0 Å². The quantitative estimate of drug-likeness (QED) is 0.262. The van der Waals surface area contributed by atoms with Crippen molar-refractivity contribution in [2.45, 2.75) is 75.9 Å². The van der Waals surface area contributed by atoms with E-state index >= 15 is 0 Å². The zero-order valence-corrected chi connectivity index (χ0v) is 18.9. The number of alkyl halides is 1. The minimum Gasteiger partial charge on any atom is -0.372 e. The first kappa shape index (κ1) is 19.0. The molecule has 1 aromatic heterocycles. The van der Waals surface area contributed by atoms with E-state index in [-0.39, 0.29) is 0 Å². The Labute approximate surface area is 157 Å². The second kappa shape index (κ2) is 7.30. The van der Waals surface area contributed by atoms with E-state index in [0.717, 1.165) is 11.1 Å². The summed E-state index contributed by atoms with van der Waals surface area (Å²) in [7, 11) is -1.70. The van der Waals surface area contributed by atoms with Gasteiger partial charge >= 0.3 is 0 Å². The second-order valence-electron chi connectivity index (χ2n) is 7.55. The summed E-state index contributed by atoms with van der Waals surface area (Å²) in [5, 5.41) is 1.46. The van der Waals surface area contributed by atoms with Crippen LogP contribution in [0.3, 0.4) is 0 Å². The number of halogens is 1. The fraction of sp³-hybridized carbons (Fsp3) is 0.600. The molecule has 0 bridgehead atoms. The fourth-order valence-electron chi connectivity index (χ4n) is 4.60. The van der Waals surface area contributed by atoms with Crippen LogP contribution in [0.25, 0.3) is 10.9 Å². The van der Waals surface area contributed by atoms with Gasteiger partial charge in [0.25, 0.3) is 0 Å². The Bertz CT molecular complexity index is 648. The Hall–Kier alpha value is -0.293. The summed E-state index contributed by atoms with van der Waals surface area (Å²) >= 11 is 2.70. The SMILES string of the molecule is CCCc1ccc(C)c2ccn([Si](C(C)C)(C(C)C)C(C)I)c12. The second-order valence-corrected chi connectivity index (χ2v) is 16.0. The van der Waals surface area contributed by atoms with Crippen LogP contribution in [0.5, 0.6) is 0 Å². The molecule has 2 aromatic rings. The summed E-state index contributed by atoms with van der Waals surface area (Å²) in [6.45, 7) is 16.8. The summed E-state index contributed by atoms with van der Waals surface area (Å²) in [5.74, 6) is 0. The molecule has 1 atom stereocenters. The molecule has 0 fully saturated rings. The third-order valence-electron chi connectivity index (χ3n) is 5.57. The third kappa shape index (κ3) is 3.03. The fourth-order valence-corrected chi connectivity index (χ4v) is 15.5. The molecule has 0 aliphatic heterocycles. The minimum absolute atomic E-state index is 0.700. The highest BCUT2D eigenvalue weighted by atomic mass is 127. The number of aryl methyl sites for hydroxylation is 2. The van der Waals surface area contributed by atoms with Gasteiger partial charge in [-0.1, -0.05) is 82.7 Å². The summed E-state index contributed by atoms with van der Waals surface area (Å²) < 4.78 is 3.47. The van der Waals surface area contributed by atoms with E-state index in [1.165, 1.54) is 34.9 Å². The van der Waals surface area contributed by atoms with E-state index in [2.05, 4.69) is 99.7 Å². The Morgan fingerprint density at radius 1 is 1.04 bits per heavy atom. The average molecular weight is 441 g/mol. The third-order valence-corrected chi connectivity index (χ3v) is 14.7. The number of fused-ring (bicyclic) bond motifs is 1. The van der Waals surface area contributed by atoms with Gasteiger partial charge in [0, 0.05) is 14.5 Å². The lowest BCUT2D eigenvalue weighted by molar-refractivity contribution is 0.824. The van der Waals surface area contributed by atoms with Crippen molar-refractivity contribution < 1.29 is 0 Å². The standard InChI is InChI=1S/C20H32INSi/c1-8-9-18-11-10-16(6)19-12-13-22(20(18)19)23(14(2)3,15(4)5)17(7)21/h10-15,17H,8-9H2,1-7H3. The van der Waals surface area contributed by atoms with E-state index in [1.807, 2.05) is 0 Å². The molecule has 1 nitrogen and oxygen atoms in total. The molecule has 0 aliphatic carbocycles. The van der Waals surface area contributed by atoms with Gasteiger partial charge in [-0.05, 0) is 47.8 Å². The van der Waals surface area contributed by atoms with Crippen LogP contribution >= 0.6 is 22.6 Å². The summed E-state index contributed by atoms with van der Waals surface area (Å²) in [5.41, 5.74) is 5.92. The van der Waals surface area contributed by atoms with Gasteiger partial charge in [0.2, 0.25) is 0 Å². The van der Waals surface area contributed by atoms with Gasteiger partial charge < -0.3 is 4.23 Å². The molecular formula is C20H32INSi. The molecule has 0 radical (unpaired) electrons. The van der Waals surface area contributed by atoms with Gasteiger partial charge in [0.15, 0.2) is 8.24 Å². The zero-order valence-electron chi connectivity index (χ0n) is 15.8. The Morgan fingerprint density at radius 2 is 1.65 bits per heavy atom. The van der Waals surface area contributed by atoms with Crippen LogP contribution in [0.1, 0.15) is 59.1 Å². The van der Waals surface area contributed by atoms with Crippen LogP contribution in [-0.4, -0.2) is 16.0 Å². The summed E-state index contributed by atoms with van der Waals surface area (Å²) in [6, 6.07) is 7.05. The number of nitrogens with zero attached hydrogens (tertiary/aromatic N) is 1. The molecule has 0 aliphatic rings. The number of aromatic nitrogens is 1. The van der Waals surface area contributed by atoms with E-state index in [0.29, 0.717) is 3.55 Å². The van der Waals surface area contributed by atoms with Crippen molar-refractivity contribution in [2.75, 3.05) is 0 Å². The Morgan fingerprint density at radius 3 is 2.13 bits per heavy atom. The molecule has 3 heteroatoms. The molecule has 1 aromatic carbocycles. The molecule has 0 spiro atoms. The highest BCUT2D eigenvalue weighted by molar-refractivity contribution is 14.1. The van der Waals surface area contributed by atoms with Crippen molar-refractivity contribution in [3.8, 4) is 0 Å². The zero-order chi connectivity index (χ0) is 17.4. The Kier molecular flexibility index (Phi) is 6.04. The molecule has 2 rings (SSSR count). The average Bonchev–Trinajstić information content (AvgIpc) is 2.88. The first-order valence-electron chi connectivity index (χ1n) is 9.02. The topological polar surface area (TPSA) is 4.93 Å². The summed E-state index contributed by atoms with van der Waals surface area (Å²) in [6.07, 6.45) is 4.80. The molecule has 128 valence electrons. The van der Waals surface area contributed by atoms with Crippen LogP contribution in [-0.2, 0) is 6.42 Å². The van der Waals surface area contributed by atoms with E-state index < -0.39 is 8.24 Å². The van der Waals surface area contributed by atoms with Crippen molar-refractivity contribution in [3.05, 3.63) is 35.5 Å². The van der Waals surface area contributed by atoms with E-state index in [4.69, 9.17) is 0 Å². The van der Waals surface area contributed by atoms with E-state index in [9.17, 15) is 0 Å². The maximum atomic E-state index is 2.77. The largest absolute Gasteiger partial charge is 0.372 e. The minimum atomic E-state index is -1.70. The van der Waals surface area contributed by atoms with Crippen LogP contribution in [0.2, 0.25) is 11.1 Å². The number of hydrogen-bond donors (Lipinski definition) is 0. The van der Waals surface area contributed by atoms with Crippen LogP contribution in [0, 0.1) is 6.92 Å². The monoisotopic (exact) mass is 441 g/mol. The summed E-state index contributed by atoms with van der Waals surface area (Å²) in [4.78, 5) is 0. The van der Waals surface area contributed by atoms with Gasteiger partial charge in [-0.15, -0.1) is 0 Å². The van der Waals surface area contributed by atoms with Gasteiger partial charge in [0.05, 0.1) is 0 Å². The van der Waals surface area contributed by atoms with Gasteiger partial charge in [-0.3, -0.25) is 0 Å². The molecule has 1 unspecified atom stereocenters. The lowest BCUT2D eigenvalue weighted by Crippen LogP contribution is -2.55. The molecule has 0 saturated heterocycles. The molecule has 0 N–H and O–H groups in total. The maximum Gasteiger partial charge on any atom is 0.179 e. The van der Waals surface area contributed by atoms with Crippen molar-refractivity contribution >= 4 is 41.7 Å². The lowest BCUT2D eigenvalue weighted by atomic mass is 10.0. The Balaban J connectivity index is 2.87. The smallest absolute Gasteiger partial charge is 0.179 e. The molecule has 23 heavy (non-hydrogen) atoms. The molecule has 0 saturated carbocycles. The van der Waals surface area contributed by atoms with Crippen LogP contribution in [0.4, 0.5) is 0 Å². The van der Waals surface area contributed by atoms with Crippen molar-refractivity contribution in [1.29, 1.82) is 0 Å². The molecular weight excluding hydrogens is 409 g/mol. The first-order valence-corrected chi connectivity index (χ1v) is 12.4. The maximum absolute atomic E-state index is 2.77. The lowest BCUT2D eigenvalue weighted by Gasteiger charge is -2.44. The van der Waals surface area contributed by atoms with Crippen LogP contribution < -0.4 is 0 Å². The number of benzene rings is 1. The first-order chi connectivity index (χ1) is 10.8. The molecule has 0 amide bonds. The van der Waals surface area contributed by atoms with Gasteiger partial charge in [0.1, 0.15) is 0 Å². The van der Waals surface area contributed by atoms with Crippen molar-refractivity contribution in [3.63, 3.8) is 0 Å². The van der Waals surface area contributed by atoms with Crippen LogP contribution in [0.15, 0.2) is 24.4 Å². The van der Waals surface area contributed by atoms with Gasteiger partial charge in [-0.2, -0.15) is 0 Å². The normalized spacial score (nSPS) is 14.2. The number of rotatable bonds is 6. The van der Waals surface area contributed by atoms with Crippen molar-refractivity contribution in [2.24, 2.45) is 0 Å². The van der Waals surface area contributed by atoms with Crippen molar-refractivity contribution in [1.82, 2.24) is 4.23 Å². The number of hydrogen-bond acceptors (Lipinski definition) is 0. The highest BCUT2D eigenvalue weighted by Gasteiger charge is 2.46. The predicted molar refractivity (Wildman–Crippen MR) is 116 cm³/mol.